The minimum Gasteiger partial charge on any atom is -0.345 e. The standard InChI is InChI=1S/C25H26ClN3O2S/c26-20-7-8-21-23(16-20)32-25(27-21)29-13-11-28(12-14-29)24(31)10-9-22(30)19-6-5-17-3-1-2-4-18(17)15-19/h5-8,15-16H,1-4,9-14H2. The number of ketones is 1. The fourth-order valence-corrected chi connectivity index (χ4v) is 5.89. The number of nitrogens with zero attached hydrogens (tertiary/aromatic N) is 3. The molecule has 0 saturated carbocycles. The lowest BCUT2D eigenvalue weighted by molar-refractivity contribution is -0.131. The van der Waals surface area contributed by atoms with E-state index in [-0.39, 0.29) is 24.5 Å². The third kappa shape index (κ3) is 4.52. The van der Waals surface area contributed by atoms with Crippen LogP contribution in [0.2, 0.25) is 5.02 Å². The van der Waals surface area contributed by atoms with E-state index in [1.807, 2.05) is 35.2 Å². The van der Waals surface area contributed by atoms with E-state index in [1.54, 1.807) is 11.3 Å². The molecule has 1 fully saturated rings. The van der Waals surface area contributed by atoms with Crippen molar-refractivity contribution in [3.8, 4) is 0 Å². The molecule has 1 amide bonds. The van der Waals surface area contributed by atoms with Gasteiger partial charge in [0.05, 0.1) is 10.2 Å². The van der Waals surface area contributed by atoms with E-state index in [2.05, 4.69) is 11.0 Å². The zero-order valence-electron chi connectivity index (χ0n) is 18.0. The normalized spacial score (nSPS) is 16.3. The summed E-state index contributed by atoms with van der Waals surface area (Å²) in [5.41, 5.74) is 4.38. The number of anilines is 1. The second-order valence-corrected chi connectivity index (χ2v) is 10.0. The van der Waals surface area contributed by atoms with Crippen molar-refractivity contribution in [2.45, 2.75) is 38.5 Å². The van der Waals surface area contributed by atoms with Crippen LogP contribution in [-0.4, -0.2) is 47.8 Å². The quantitative estimate of drug-likeness (QED) is 0.487. The van der Waals surface area contributed by atoms with Crippen LogP contribution in [0.25, 0.3) is 10.2 Å². The Hall–Kier alpha value is -2.44. The van der Waals surface area contributed by atoms with Crippen molar-refractivity contribution in [3.63, 3.8) is 0 Å². The summed E-state index contributed by atoms with van der Waals surface area (Å²) < 4.78 is 1.08. The van der Waals surface area contributed by atoms with Crippen molar-refractivity contribution >= 4 is 50.0 Å². The lowest BCUT2D eigenvalue weighted by Gasteiger charge is -2.34. The largest absolute Gasteiger partial charge is 0.345 e. The number of carbonyl (C=O) groups is 2. The molecule has 5 rings (SSSR count). The summed E-state index contributed by atoms with van der Waals surface area (Å²) >= 11 is 7.72. The van der Waals surface area contributed by atoms with Gasteiger partial charge >= 0.3 is 0 Å². The first-order valence-electron chi connectivity index (χ1n) is 11.3. The molecule has 2 aromatic carbocycles. The number of thiazole rings is 1. The molecular weight excluding hydrogens is 442 g/mol. The Labute approximate surface area is 197 Å². The minimum atomic E-state index is 0.0621. The maximum absolute atomic E-state index is 12.7. The number of piperazine rings is 1. The van der Waals surface area contributed by atoms with Gasteiger partial charge in [-0.05, 0) is 61.1 Å². The van der Waals surface area contributed by atoms with Gasteiger partial charge in [-0.15, -0.1) is 0 Å². The smallest absolute Gasteiger partial charge is 0.223 e. The molecule has 1 aliphatic heterocycles. The molecule has 32 heavy (non-hydrogen) atoms. The number of aryl methyl sites for hydroxylation is 2. The lowest BCUT2D eigenvalue weighted by Crippen LogP contribution is -2.48. The molecule has 0 atom stereocenters. The molecule has 0 N–H and O–H groups in total. The number of benzene rings is 2. The summed E-state index contributed by atoms with van der Waals surface area (Å²) in [6.45, 7) is 2.81. The van der Waals surface area contributed by atoms with Crippen LogP contribution in [0.5, 0.6) is 0 Å². The van der Waals surface area contributed by atoms with Gasteiger partial charge in [0.2, 0.25) is 5.91 Å². The van der Waals surface area contributed by atoms with Crippen LogP contribution in [0.3, 0.4) is 0 Å². The molecule has 7 heteroatoms. The van der Waals surface area contributed by atoms with Crippen LogP contribution in [0.4, 0.5) is 5.13 Å². The van der Waals surface area contributed by atoms with Crippen molar-refractivity contribution in [1.82, 2.24) is 9.88 Å². The third-order valence-corrected chi connectivity index (χ3v) is 7.79. The van der Waals surface area contributed by atoms with Crippen molar-refractivity contribution in [1.29, 1.82) is 0 Å². The molecule has 2 heterocycles. The Balaban J connectivity index is 1.14. The monoisotopic (exact) mass is 467 g/mol. The number of carbonyl (C=O) groups excluding carboxylic acids is 2. The summed E-state index contributed by atoms with van der Waals surface area (Å²) in [6, 6.07) is 11.8. The molecule has 0 radical (unpaired) electrons. The second-order valence-electron chi connectivity index (χ2n) is 8.59. The first-order chi connectivity index (χ1) is 15.6. The predicted octanol–water partition coefficient (Wildman–Crippen LogP) is 5.14. The van der Waals surface area contributed by atoms with Crippen molar-refractivity contribution < 1.29 is 9.59 Å². The number of amides is 1. The van der Waals surface area contributed by atoms with Gasteiger partial charge < -0.3 is 9.80 Å². The van der Waals surface area contributed by atoms with Crippen LogP contribution < -0.4 is 4.90 Å². The summed E-state index contributed by atoms with van der Waals surface area (Å²) in [5.74, 6) is 0.130. The molecule has 1 aromatic heterocycles. The summed E-state index contributed by atoms with van der Waals surface area (Å²) in [4.78, 5) is 34.2. The Morgan fingerprint density at radius 2 is 1.72 bits per heavy atom. The number of Topliss-reactive ketones (excluding diaryl/α,β-unsaturated/α-hetero) is 1. The summed E-state index contributed by atoms with van der Waals surface area (Å²) in [5, 5.41) is 1.69. The minimum absolute atomic E-state index is 0.0621. The van der Waals surface area contributed by atoms with E-state index < -0.39 is 0 Å². The van der Waals surface area contributed by atoms with Gasteiger partial charge in [0.25, 0.3) is 0 Å². The number of fused-ring (bicyclic) bond motifs is 2. The molecule has 0 unspecified atom stereocenters. The fourth-order valence-electron chi connectivity index (χ4n) is 4.60. The second kappa shape index (κ2) is 9.20. The van der Waals surface area contributed by atoms with E-state index in [9.17, 15) is 9.59 Å². The SMILES string of the molecule is O=C(CCC(=O)N1CCN(c2nc3ccc(Cl)cc3s2)CC1)c1ccc2c(c1)CCCC2. The van der Waals surface area contributed by atoms with Gasteiger partial charge in [-0.1, -0.05) is 35.1 Å². The topological polar surface area (TPSA) is 53.5 Å². The molecule has 1 aliphatic carbocycles. The highest BCUT2D eigenvalue weighted by atomic mass is 35.5. The maximum Gasteiger partial charge on any atom is 0.223 e. The van der Waals surface area contributed by atoms with Gasteiger partial charge in [0.15, 0.2) is 10.9 Å². The van der Waals surface area contributed by atoms with E-state index >= 15 is 0 Å². The molecule has 3 aromatic rings. The molecule has 0 spiro atoms. The highest BCUT2D eigenvalue weighted by molar-refractivity contribution is 7.22. The van der Waals surface area contributed by atoms with Crippen LogP contribution in [0.15, 0.2) is 36.4 Å². The molecule has 1 saturated heterocycles. The summed E-state index contributed by atoms with van der Waals surface area (Å²) in [7, 11) is 0. The molecule has 5 nitrogen and oxygen atoms in total. The van der Waals surface area contributed by atoms with E-state index in [4.69, 9.17) is 16.6 Å². The van der Waals surface area contributed by atoms with Crippen molar-refractivity contribution in [3.05, 3.63) is 58.1 Å². The van der Waals surface area contributed by atoms with Gasteiger partial charge in [-0.2, -0.15) is 0 Å². The molecule has 166 valence electrons. The zero-order valence-corrected chi connectivity index (χ0v) is 19.6. The van der Waals surface area contributed by atoms with Crippen LogP contribution in [0.1, 0.15) is 47.2 Å². The molecule has 2 aliphatic rings. The Kier molecular flexibility index (Phi) is 6.15. The Bertz CT molecular complexity index is 1170. The average molecular weight is 468 g/mol. The highest BCUT2D eigenvalue weighted by Crippen LogP contribution is 2.31. The highest BCUT2D eigenvalue weighted by Gasteiger charge is 2.24. The summed E-state index contributed by atoms with van der Waals surface area (Å²) in [6.07, 6.45) is 5.14. The molecule has 0 bridgehead atoms. The predicted molar refractivity (Wildman–Crippen MR) is 130 cm³/mol. The van der Waals surface area contributed by atoms with Gasteiger partial charge in [-0.3, -0.25) is 9.59 Å². The zero-order chi connectivity index (χ0) is 22.1. The number of aromatic nitrogens is 1. The van der Waals surface area contributed by atoms with Crippen molar-refractivity contribution in [2.24, 2.45) is 0 Å². The average Bonchev–Trinajstić information content (AvgIpc) is 3.25. The van der Waals surface area contributed by atoms with E-state index in [0.29, 0.717) is 18.1 Å². The first-order valence-corrected chi connectivity index (χ1v) is 12.5. The fraction of sp³-hybridized carbons (Fsp3) is 0.400. The number of hydrogen-bond acceptors (Lipinski definition) is 5. The van der Waals surface area contributed by atoms with Gasteiger partial charge in [-0.25, -0.2) is 4.98 Å². The van der Waals surface area contributed by atoms with Gasteiger partial charge in [0.1, 0.15) is 0 Å². The number of halogens is 1. The maximum atomic E-state index is 12.7. The Morgan fingerprint density at radius 1 is 0.938 bits per heavy atom. The van der Waals surface area contributed by atoms with E-state index in [0.717, 1.165) is 46.8 Å². The lowest BCUT2D eigenvalue weighted by atomic mass is 9.89. The Morgan fingerprint density at radius 3 is 2.53 bits per heavy atom. The van der Waals surface area contributed by atoms with Gasteiger partial charge in [0, 0.05) is 49.6 Å². The van der Waals surface area contributed by atoms with Crippen molar-refractivity contribution in [2.75, 3.05) is 31.1 Å². The number of rotatable bonds is 5. The first kappa shape index (κ1) is 21.4. The molecular formula is C25H26ClN3O2S. The van der Waals surface area contributed by atoms with Crippen LogP contribution >= 0.6 is 22.9 Å². The van der Waals surface area contributed by atoms with Crippen LogP contribution in [0, 0.1) is 0 Å². The van der Waals surface area contributed by atoms with E-state index in [1.165, 1.54) is 24.0 Å². The third-order valence-electron chi connectivity index (χ3n) is 6.48. The van der Waals surface area contributed by atoms with Crippen LogP contribution in [-0.2, 0) is 17.6 Å². The number of hydrogen-bond donors (Lipinski definition) is 0.